The van der Waals surface area contributed by atoms with Crippen molar-refractivity contribution in [3.8, 4) is 11.5 Å². The van der Waals surface area contributed by atoms with E-state index in [2.05, 4.69) is 5.10 Å². The number of carbonyl (C=O) groups is 1. The monoisotopic (exact) mass is 358 g/mol. The van der Waals surface area contributed by atoms with Crippen LogP contribution in [-0.4, -0.2) is 22.3 Å². The van der Waals surface area contributed by atoms with Crippen molar-refractivity contribution >= 4 is 23.7 Å². The van der Waals surface area contributed by atoms with Crippen LogP contribution < -0.4 is 5.43 Å². The maximum Gasteiger partial charge on any atom is 0.416 e. The van der Waals surface area contributed by atoms with Gasteiger partial charge in [0.2, 0.25) is 0 Å². The standard InChI is InChI=1S/C15H10ClF3N2O3/c16-11-6-9(15(17,18)19)5-8(13(11)23)7-20-21-14(24)10-3-1-2-4-12(10)22/h1-7,22-23H,(H,21,24). The second-order valence-electron chi connectivity index (χ2n) is 4.61. The number of carbonyl (C=O) groups excluding carboxylic acids is 1. The van der Waals surface area contributed by atoms with Gasteiger partial charge in [-0.15, -0.1) is 0 Å². The van der Waals surface area contributed by atoms with E-state index in [1.807, 2.05) is 5.43 Å². The Labute approximate surface area is 139 Å². The van der Waals surface area contributed by atoms with Gasteiger partial charge in [0, 0.05) is 5.56 Å². The smallest absolute Gasteiger partial charge is 0.416 e. The summed E-state index contributed by atoms with van der Waals surface area (Å²) in [5.41, 5.74) is 0.563. The van der Waals surface area contributed by atoms with Crippen LogP contribution in [0.4, 0.5) is 13.2 Å². The number of nitrogens with zero attached hydrogens (tertiary/aromatic N) is 1. The van der Waals surface area contributed by atoms with E-state index in [-0.39, 0.29) is 16.9 Å². The van der Waals surface area contributed by atoms with Crippen molar-refractivity contribution in [1.82, 2.24) is 5.43 Å². The molecule has 0 spiro atoms. The number of phenols is 2. The molecule has 0 aliphatic carbocycles. The summed E-state index contributed by atoms with van der Waals surface area (Å²) in [6.45, 7) is 0. The zero-order valence-electron chi connectivity index (χ0n) is 11.8. The molecule has 0 saturated carbocycles. The largest absolute Gasteiger partial charge is 0.507 e. The molecular formula is C15H10ClF3N2O3. The molecule has 2 rings (SSSR count). The number of aromatic hydroxyl groups is 2. The van der Waals surface area contributed by atoms with Crippen LogP contribution in [0.15, 0.2) is 41.5 Å². The quantitative estimate of drug-likeness (QED) is 0.580. The van der Waals surface area contributed by atoms with Crippen LogP contribution in [0.5, 0.6) is 11.5 Å². The van der Waals surface area contributed by atoms with Gasteiger partial charge in [0.25, 0.3) is 5.91 Å². The number of benzene rings is 2. The second kappa shape index (κ2) is 6.79. The van der Waals surface area contributed by atoms with Crippen molar-refractivity contribution in [3.63, 3.8) is 0 Å². The average Bonchev–Trinajstić information content (AvgIpc) is 2.50. The normalized spacial score (nSPS) is 11.7. The Bertz CT molecular complexity index is 807. The molecule has 0 heterocycles. The zero-order chi connectivity index (χ0) is 17.9. The fourth-order valence-corrected chi connectivity index (χ4v) is 2.00. The number of para-hydroxylation sites is 1. The summed E-state index contributed by atoms with van der Waals surface area (Å²) in [7, 11) is 0. The number of nitrogens with one attached hydrogen (secondary N) is 1. The summed E-state index contributed by atoms with van der Waals surface area (Å²) in [5.74, 6) is -1.66. The third kappa shape index (κ3) is 3.96. The molecule has 0 aliphatic heterocycles. The highest BCUT2D eigenvalue weighted by Gasteiger charge is 2.32. The number of hydrazone groups is 1. The van der Waals surface area contributed by atoms with E-state index in [4.69, 9.17) is 11.6 Å². The number of halogens is 4. The van der Waals surface area contributed by atoms with Gasteiger partial charge in [-0.05, 0) is 24.3 Å². The molecule has 0 radical (unpaired) electrons. The Hall–Kier alpha value is -2.74. The topological polar surface area (TPSA) is 81.9 Å². The summed E-state index contributed by atoms with van der Waals surface area (Å²) < 4.78 is 38.1. The minimum atomic E-state index is -4.65. The summed E-state index contributed by atoms with van der Waals surface area (Å²) in [4.78, 5) is 11.8. The molecule has 126 valence electrons. The van der Waals surface area contributed by atoms with Gasteiger partial charge in [-0.1, -0.05) is 23.7 Å². The number of amides is 1. The lowest BCUT2D eigenvalue weighted by Crippen LogP contribution is -2.17. The highest BCUT2D eigenvalue weighted by molar-refractivity contribution is 6.32. The molecule has 0 atom stereocenters. The lowest BCUT2D eigenvalue weighted by molar-refractivity contribution is -0.137. The first-order valence-corrected chi connectivity index (χ1v) is 6.79. The molecule has 0 bridgehead atoms. The van der Waals surface area contributed by atoms with Crippen LogP contribution in [0.2, 0.25) is 5.02 Å². The van der Waals surface area contributed by atoms with Gasteiger partial charge in [0.1, 0.15) is 11.5 Å². The number of rotatable bonds is 3. The minimum absolute atomic E-state index is 0.0686. The maximum atomic E-state index is 12.7. The molecule has 24 heavy (non-hydrogen) atoms. The van der Waals surface area contributed by atoms with E-state index < -0.39 is 28.4 Å². The minimum Gasteiger partial charge on any atom is -0.507 e. The lowest BCUT2D eigenvalue weighted by Gasteiger charge is -2.10. The summed E-state index contributed by atoms with van der Waals surface area (Å²) in [6.07, 6.45) is -3.84. The molecule has 3 N–H and O–H groups in total. The van der Waals surface area contributed by atoms with Gasteiger partial charge in [-0.3, -0.25) is 4.79 Å². The Balaban J connectivity index is 2.22. The van der Waals surface area contributed by atoms with Gasteiger partial charge in [-0.25, -0.2) is 5.43 Å². The highest BCUT2D eigenvalue weighted by atomic mass is 35.5. The number of hydrogen-bond acceptors (Lipinski definition) is 4. The predicted octanol–water partition coefficient (Wildman–Crippen LogP) is 3.53. The van der Waals surface area contributed by atoms with Crippen molar-refractivity contribution in [2.75, 3.05) is 0 Å². The summed E-state index contributed by atoms with van der Waals surface area (Å²) in [6, 6.07) is 6.86. The van der Waals surface area contributed by atoms with Crippen LogP contribution in [0.3, 0.4) is 0 Å². The van der Waals surface area contributed by atoms with Gasteiger partial charge in [0.15, 0.2) is 0 Å². The van der Waals surface area contributed by atoms with Crippen LogP contribution in [0.25, 0.3) is 0 Å². The molecule has 1 amide bonds. The van der Waals surface area contributed by atoms with Crippen molar-refractivity contribution in [2.45, 2.75) is 6.18 Å². The van der Waals surface area contributed by atoms with E-state index in [1.165, 1.54) is 24.3 Å². The van der Waals surface area contributed by atoms with E-state index in [9.17, 15) is 28.2 Å². The molecule has 9 heteroatoms. The fraction of sp³-hybridized carbons (Fsp3) is 0.0667. The number of alkyl halides is 3. The first-order chi connectivity index (χ1) is 11.2. The van der Waals surface area contributed by atoms with E-state index in [0.29, 0.717) is 12.1 Å². The maximum absolute atomic E-state index is 12.7. The molecule has 0 saturated heterocycles. The zero-order valence-corrected chi connectivity index (χ0v) is 12.6. The fourth-order valence-electron chi connectivity index (χ4n) is 1.77. The molecule has 2 aromatic rings. The third-order valence-electron chi connectivity index (χ3n) is 2.94. The molecule has 2 aromatic carbocycles. The summed E-state index contributed by atoms with van der Waals surface area (Å²) in [5, 5.41) is 22.1. The van der Waals surface area contributed by atoms with Crippen molar-refractivity contribution in [2.24, 2.45) is 5.10 Å². The van der Waals surface area contributed by atoms with Gasteiger partial charge in [0.05, 0.1) is 22.4 Å². The van der Waals surface area contributed by atoms with Gasteiger partial charge < -0.3 is 10.2 Å². The molecular weight excluding hydrogens is 349 g/mol. The van der Waals surface area contributed by atoms with Crippen LogP contribution >= 0.6 is 11.6 Å². The van der Waals surface area contributed by atoms with Gasteiger partial charge >= 0.3 is 6.18 Å². The highest BCUT2D eigenvalue weighted by Crippen LogP contribution is 2.36. The van der Waals surface area contributed by atoms with E-state index in [0.717, 1.165) is 6.21 Å². The Morgan fingerprint density at radius 3 is 2.50 bits per heavy atom. The van der Waals surface area contributed by atoms with Crippen molar-refractivity contribution < 1.29 is 28.2 Å². The van der Waals surface area contributed by atoms with Crippen molar-refractivity contribution in [3.05, 3.63) is 58.1 Å². The first kappa shape index (κ1) is 17.6. The van der Waals surface area contributed by atoms with E-state index in [1.54, 1.807) is 0 Å². The second-order valence-corrected chi connectivity index (χ2v) is 5.02. The third-order valence-corrected chi connectivity index (χ3v) is 3.23. The Morgan fingerprint density at radius 1 is 1.21 bits per heavy atom. The lowest BCUT2D eigenvalue weighted by atomic mass is 10.1. The summed E-state index contributed by atoms with van der Waals surface area (Å²) >= 11 is 5.55. The van der Waals surface area contributed by atoms with Crippen LogP contribution in [0.1, 0.15) is 21.5 Å². The molecule has 0 aliphatic rings. The average molecular weight is 359 g/mol. The first-order valence-electron chi connectivity index (χ1n) is 6.41. The molecule has 0 aromatic heterocycles. The molecule has 5 nitrogen and oxygen atoms in total. The van der Waals surface area contributed by atoms with Crippen LogP contribution in [-0.2, 0) is 6.18 Å². The Morgan fingerprint density at radius 2 is 1.88 bits per heavy atom. The van der Waals surface area contributed by atoms with E-state index >= 15 is 0 Å². The van der Waals surface area contributed by atoms with Crippen LogP contribution in [0, 0.1) is 0 Å². The molecule has 0 fully saturated rings. The van der Waals surface area contributed by atoms with Crippen molar-refractivity contribution in [1.29, 1.82) is 0 Å². The predicted molar refractivity (Wildman–Crippen MR) is 81.3 cm³/mol. The number of phenolic OH excluding ortho intramolecular Hbond substituents is 2. The van der Waals surface area contributed by atoms with Gasteiger partial charge in [-0.2, -0.15) is 18.3 Å². The number of hydrogen-bond donors (Lipinski definition) is 3. The SMILES string of the molecule is O=C(NN=Cc1cc(C(F)(F)F)cc(Cl)c1O)c1ccccc1O. The molecule has 0 unspecified atom stereocenters. The Kier molecular flexibility index (Phi) is 4.99.